The molecule has 0 saturated carbocycles. The summed E-state index contributed by atoms with van der Waals surface area (Å²) in [5.74, 6) is 4.10. The molecule has 9 heteroatoms. The van der Waals surface area contributed by atoms with E-state index in [0.717, 1.165) is 22.9 Å². The van der Waals surface area contributed by atoms with Crippen molar-refractivity contribution in [1.29, 1.82) is 0 Å². The Labute approximate surface area is 325 Å². The highest BCUT2D eigenvalue weighted by molar-refractivity contribution is 5.14. The fourth-order valence-electron chi connectivity index (χ4n) is 4.06. The Morgan fingerprint density at radius 1 is 0.352 bits per heavy atom. The smallest absolute Gasteiger partial charge is 0.130 e. The second kappa shape index (κ2) is 28.2. The van der Waals surface area contributed by atoms with Crippen LogP contribution >= 0.6 is 0 Å². The zero-order chi connectivity index (χ0) is 40.1. The van der Waals surface area contributed by atoms with E-state index in [1.54, 1.807) is 37.3 Å². The molecule has 54 heavy (non-hydrogen) atoms. The molecule has 0 saturated heterocycles. The Bertz CT molecular complexity index is 1350. The first-order valence-corrected chi connectivity index (χ1v) is 18.8. The van der Waals surface area contributed by atoms with Gasteiger partial charge in [0.15, 0.2) is 0 Å². The summed E-state index contributed by atoms with van der Waals surface area (Å²) in [7, 11) is 0. The lowest BCUT2D eigenvalue weighted by atomic mass is 10.1. The molecule has 0 amide bonds. The quantitative estimate of drug-likeness (QED) is 0.165. The van der Waals surface area contributed by atoms with Gasteiger partial charge in [-0.1, -0.05) is 95.2 Å². The first-order valence-electron chi connectivity index (χ1n) is 18.8. The molecule has 6 rings (SSSR count). The van der Waals surface area contributed by atoms with Crippen LogP contribution in [0.5, 0.6) is 0 Å². The van der Waals surface area contributed by atoms with E-state index in [1.165, 1.54) is 11.1 Å². The zero-order valence-corrected chi connectivity index (χ0v) is 34.6. The molecule has 6 heterocycles. The number of hydrogen-bond acceptors (Lipinski definition) is 9. The molecule has 6 aromatic rings. The van der Waals surface area contributed by atoms with Gasteiger partial charge in [0.2, 0.25) is 0 Å². The third-order valence-corrected chi connectivity index (χ3v) is 7.49. The second-order valence-corrected chi connectivity index (χ2v) is 14.1. The van der Waals surface area contributed by atoms with Crippen LogP contribution < -0.4 is 0 Å². The maximum atomic E-state index is 4.18. The van der Waals surface area contributed by atoms with E-state index in [-0.39, 0.29) is 0 Å². The van der Waals surface area contributed by atoms with Crippen LogP contribution in [-0.4, -0.2) is 45.1 Å². The SMILES string of the molecule is CC(C)c1ccccn1.CC(C)c1cccnc1.CC(C)c1cccnn1.CC(C)c1ccncc1.CC(C)c1ccncn1.CC(C)c1ncccn1. The summed E-state index contributed by atoms with van der Waals surface area (Å²) < 4.78 is 0. The molecule has 0 bridgehead atoms. The fourth-order valence-corrected chi connectivity index (χ4v) is 4.06. The van der Waals surface area contributed by atoms with Crippen molar-refractivity contribution in [3.63, 3.8) is 0 Å². The Morgan fingerprint density at radius 2 is 0.907 bits per heavy atom. The van der Waals surface area contributed by atoms with Crippen molar-refractivity contribution < 1.29 is 0 Å². The number of aromatic nitrogens is 9. The molecule has 0 atom stereocenters. The zero-order valence-electron chi connectivity index (χ0n) is 34.6. The Balaban J connectivity index is 0.000000324. The van der Waals surface area contributed by atoms with E-state index >= 15 is 0 Å². The summed E-state index contributed by atoms with van der Waals surface area (Å²) in [5.41, 5.74) is 5.97. The van der Waals surface area contributed by atoms with Crippen LogP contribution in [0.2, 0.25) is 0 Å². The number of pyridine rings is 3. The van der Waals surface area contributed by atoms with Gasteiger partial charge in [0.1, 0.15) is 12.2 Å². The van der Waals surface area contributed by atoms with Gasteiger partial charge in [-0.3, -0.25) is 15.0 Å². The minimum absolute atomic E-state index is 0.436. The van der Waals surface area contributed by atoms with Gasteiger partial charge in [0.25, 0.3) is 0 Å². The summed E-state index contributed by atoms with van der Waals surface area (Å²) in [5, 5.41) is 7.68. The molecule has 0 aliphatic carbocycles. The fraction of sp³-hybridized carbons (Fsp3) is 0.400. The summed E-state index contributed by atoms with van der Waals surface area (Å²) in [6, 6.07) is 21.8. The normalized spacial score (nSPS) is 10.1. The van der Waals surface area contributed by atoms with Crippen LogP contribution in [-0.2, 0) is 0 Å². The molecule has 0 N–H and O–H groups in total. The van der Waals surface area contributed by atoms with E-state index in [1.807, 2.05) is 85.5 Å². The van der Waals surface area contributed by atoms with Crippen LogP contribution in [0.3, 0.4) is 0 Å². The monoisotopic (exact) mass is 730 g/mol. The van der Waals surface area contributed by atoms with Gasteiger partial charge in [-0.2, -0.15) is 10.2 Å². The predicted octanol–water partition coefficient (Wildman–Crippen LogP) is 11.4. The van der Waals surface area contributed by atoms with Gasteiger partial charge < -0.3 is 0 Å². The molecule has 0 aromatic carbocycles. The lowest BCUT2D eigenvalue weighted by Gasteiger charge is -2.01. The van der Waals surface area contributed by atoms with Crippen molar-refractivity contribution in [3.05, 3.63) is 163 Å². The number of nitrogens with zero attached hydrogens (tertiary/aromatic N) is 9. The van der Waals surface area contributed by atoms with Crippen LogP contribution in [0, 0.1) is 0 Å². The lowest BCUT2D eigenvalue weighted by Crippen LogP contribution is -1.93. The third kappa shape index (κ3) is 21.9. The minimum atomic E-state index is 0.436. The summed E-state index contributed by atoms with van der Waals surface area (Å²) >= 11 is 0. The average Bonchev–Trinajstić information content (AvgIpc) is 3.21. The molecule has 6 aromatic heterocycles. The van der Waals surface area contributed by atoms with Crippen LogP contribution in [0.4, 0.5) is 0 Å². The highest BCUT2D eigenvalue weighted by Crippen LogP contribution is 2.12. The van der Waals surface area contributed by atoms with Gasteiger partial charge in [0.05, 0.1) is 5.69 Å². The molecule has 9 nitrogen and oxygen atoms in total. The van der Waals surface area contributed by atoms with Gasteiger partial charge in [0, 0.05) is 73.1 Å². The molecular weight excluding hydrogens is 667 g/mol. The van der Waals surface area contributed by atoms with E-state index in [2.05, 4.69) is 134 Å². The standard InChI is InChI=1S/3C8H11N.3C7H10N2/c1-7(2)8-3-5-9-6-4-8;1-7(2)8-4-3-5-9-6-8;1-7(2)8-5-3-4-6-9-8;1-6(2)7-3-4-8-5-9-7;1-6(2)7-8-4-3-5-9-7;1-6(2)7-4-3-5-8-9-7/h3*3-7H,1-2H3;3*3-6H,1-2H3. The minimum Gasteiger partial charge on any atom is -0.265 e. The predicted molar refractivity (Wildman–Crippen MR) is 223 cm³/mol. The van der Waals surface area contributed by atoms with Crippen molar-refractivity contribution >= 4 is 0 Å². The van der Waals surface area contributed by atoms with Crippen molar-refractivity contribution in [2.75, 3.05) is 0 Å². The number of rotatable bonds is 6. The molecule has 288 valence electrons. The lowest BCUT2D eigenvalue weighted by molar-refractivity contribution is 0.774. The van der Waals surface area contributed by atoms with E-state index in [0.29, 0.717) is 35.5 Å². The molecule has 0 unspecified atom stereocenters. The van der Waals surface area contributed by atoms with Crippen LogP contribution in [0.25, 0.3) is 0 Å². The summed E-state index contributed by atoms with van der Waals surface area (Å²) in [6.07, 6.45) is 17.8. The third-order valence-electron chi connectivity index (χ3n) is 7.49. The molecule has 0 radical (unpaired) electrons. The largest absolute Gasteiger partial charge is 0.265 e. The maximum absolute atomic E-state index is 4.18. The van der Waals surface area contributed by atoms with Crippen molar-refractivity contribution in [3.8, 4) is 0 Å². The summed E-state index contributed by atoms with van der Waals surface area (Å²) in [4.78, 5) is 28.1. The van der Waals surface area contributed by atoms with Crippen LogP contribution in [0.15, 0.2) is 129 Å². The first kappa shape index (κ1) is 46.7. The van der Waals surface area contributed by atoms with Gasteiger partial charge in [-0.25, -0.2) is 19.9 Å². The first-order chi connectivity index (χ1) is 25.8. The van der Waals surface area contributed by atoms with Gasteiger partial charge >= 0.3 is 0 Å². The highest BCUT2D eigenvalue weighted by Gasteiger charge is 1.99. The van der Waals surface area contributed by atoms with E-state index in [9.17, 15) is 0 Å². The second-order valence-electron chi connectivity index (χ2n) is 14.1. The highest BCUT2D eigenvalue weighted by atomic mass is 15.1. The molecule has 0 fully saturated rings. The van der Waals surface area contributed by atoms with E-state index in [4.69, 9.17) is 0 Å². The Hall–Kier alpha value is -5.31. The van der Waals surface area contributed by atoms with Crippen molar-refractivity contribution in [1.82, 2.24) is 45.1 Å². The topological polar surface area (TPSA) is 116 Å². The Morgan fingerprint density at radius 3 is 1.24 bits per heavy atom. The molecule has 0 aliphatic heterocycles. The van der Waals surface area contributed by atoms with Crippen LogP contribution in [0.1, 0.15) is 153 Å². The van der Waals surface area contributed by atoms with Gasteiger partial charge in [-0.15, -0.1) is 0 Å². The number of hydrogen-bond donors (Lipinski definition) is 0. The molecule has 0 spiro atoms. The van der Waals surface area contributed by atoms with Gasteiger partial charge in [-0.05, 0) is 95.3 Å². The average molecular weight is 730 g/mol. The summed E-state index contributed by atoms with van der Waals surface area (Å²) in [6.45, 7) is 25.5. The van der Waals surface area contributed by atoms with Crippen molar-refractivity contribution in [2.24, 2.45) is 0 Å². The van der Waals surface area contributed by atoms with E-state index < -0.39 is 0 Å². The molecule has 0 aliphatic rings. The molecular formula is C45H63N9. The van der Waals surface area contributed by atoms with Crippen molar-refractivity contribution in [2.45, 2.75) is 119 Å². The maximum Gasteiger partial charge on any atom is 0.130 e. The Kier molecular flexibility index (Phi) is 24.4.